The van der Waals surface area contributed by atoms with Gasteiger partial charge in [-0.2, -0.15) is 0 Å². The Morgan fingerprint density at radius 3 is 2.52 bits per heavy atom. The number of aryl methyl sites for hydroxylation is 1. The number of pyridine rings is 1. The topological polar surface area (TPSA) is 51.6 Å². The van der Waals surface area contributed by atoms with E-state index in [2.05, 4.69) is 4.98 Å². The number of aliphatic hydroxyl groups excluding tert-OH is 1. The van der Waals surface area contributed by atoms with Gasteiger partial charge in [-0.15, -0.1) is 0 Å². The first kappa shape index (κ1) is 15.3. The molecule has 21 heavy (non-hydrogen) atoms. The monoisotopic (exact) mass is 287 g/mol. The normalized spacial score (nSPS) is 12.0. The molecule has 0 saturated heterocycles. The highest BCUT2D eigenvalue weighted by Gasteiger charge is 2.11. The summed E-state index contributed by atoms with van der Waals surface area (Å²) in [5.41, 5.74) is 3.16. The van der Waals surface area contributed by atoms with E-state index < -0.39 is 6.10 Å². The second-order valence-corrected chi connectivity index (χ2v) is 5.09. The molecule has 0 aliphatic carbocycles. The van der Waals surface area contributed by atoms with Crippen LogP contribution in [0.2, 0.25) is 0 Å². The van der Waals surface area contributed by atoms with Crippen molar-refractivity contribution in [2.75, 3.05) is 14.2 Å². The van der Waals surface area contributed by atoms with Gasteiger partial charge in [0.1, 0.15) is 5.75 Å². The molecule has 0 aliphatic heterocycles. The zero-order valence-electron chi connectivity index (χ0n) is 12.7. The Morgan fingerprint density at radius 2 is 1.90 bits per heavy atom. The SMILES string of the molecule is COc1ccc(CC(O)Cc2cc(C)ccc2OC)cn1. The minimum Gasteiger partial charge on any atom is -0.496 e. The number of nitrogens with zero attached hydrogens (tertiary/aromatic N) is 1. The van der Waals surface area contributed by atoms with Gasteiger partial charge in [0.15, 0.2) is 0 Å². The summed E-state index contributed by atoms with van der Waals surface area (Å²) in [6, 6.07) is 9.71. The van der Waals surface area contributed by atoms with Crippen LogP contribution in [0.25, 0.3) is 0 Å². The lowest BCUT2D eigenvalue weighted by molar-refractivity contribution is 0.174. The highest BCUT2D eigenvalue weighted by molar-refractivity contribution is 5.37. The van der Waals surface area contributed by atoms with E-state index in [4.69, 9.17) is 9.47 Å². The van der Waals surface area contributed by atoms with E-state index in [1.807, 2.05) is 31.2 Å². The van der Waals surface area contributed by atoms with Gasteiger partial charge in [-0.1, -0.05) is 23.8 Å². The minimum atomic E-state index is -0.476. The fourth-order valence-electron chi connectivity index (χ4n) is 2.32. The summed E-state index contributed by atoms with van der Waals surface area (Å²) >= 11 is 0. The van der Waals surface area contributed by atoms with Gasteiger partial charge in [-0.05, 0) is 24.1 Å². The fraction of sp³-hybridized carbons (Fsp3) is 0.353. The molecule has 0 amide bonds. The van der Waals surface area contributed by atoms with Crippen LogP contribution in [0.3, 0.4) is 0 Å². The first-order valence-electron chi connectivity index (χ1n) is 6.93. The quantitative estimate of drug-likeness (QED) is 0.887. The molecule has 4 heteroatoms. The smallest absolute Gasteiger partial charge is 0.212 e. The number of benzene rings is 1. The molecule has 4 nitrogen and oxygen atoms in total. The number of hydrogen-bond donors (Lipinski definition) is 1. The summed E-state index contributed by atoms with van der Waals surface area (Å²) in [6.07, 6.45) is 2.36. The Morgan fingerprint density at radius 1 is 1.10 bits per heavy atom. The number of methoxy groups -OCH3 is 2. The van der Waals surface area contributed by atoms with Crippen molar-refractivity contribution in [3.8, 4) is 11.6 Å². The van der Waals surface area contributed by atoms with Gasteiger partial charge in [0.25, 0.3) is 0 Å². The van der Waals surface area contributed by atoms with E-state index in [0.717, 1.165) is 22.4 Å². The van der Waals surface area contributed by atoms with Crippen molar-refractivity contribution in [1.29, 1.82) is 0 Å². The maximum Gasteiger partial charge on any atom is 0.212 e. The number of aliphatic hydroxyl groups is 1. The van der Waals surface area contributed by atoms with E-state index in [1.54, 1.807) is 26.5 Å². The van der Waals surface area contributed by atoms with E-state index in [1.165, 1.54) is 0 Å². The highest BCUT2D eigenvalue weighted by Crippen LogP contribution is 2.22. The first-order chi connectivity index (χ1) is 10.1. The number of rotatable bonds is 6. The van der Waals surface area contributed by atoms with E-state index in [0.29, 0.717) is 18.7 Å². The highest BCUT2D eigenvalue weighted by atomic mass is 16.5. The van der Waals surface area contributed by atoms with Crippen molar-refractivity contribution in [2.24, 2.45) is 0 Å². The van der Waals surface area contributed by atoms with Gasteiger partial charge in [0.2, 0.25) is 5.88 Å². The van der Waals surface area contributed by atoms with Gasteiger partial charge in [0, 0.05) is 25.1 Å². The van der Waals surface area contributed by atoms with Crippen molar-refractivity contribution in [1.82, 2.24) is 4.98 Å². The Hall–Kier alpha value is -2.07. The van der Waals surface area contributed by atoms with Crippen LogP contribution in [0, 0.1) is 6.92 Å². The number of ether oxygens (including phenoxy) is 2. The van der Waals surface area contributed by atoms with Crippen molar-refractivity contribution in [3.05, 3.63) is 53.2 Å². The summed E-state index contributed by atoms with van der Waals surface area (Å²) < 4.78 is 10.4. The van der Waals surface area contributed by atoms with Crippen LogP contribution in [0.15, 0.2) is 36.5 Å². The van der Waals surface area contributed by atoms with Crippen molar-refractivity contribution >= 4 is 0 Å². The average Bonchev–Trinajstić information content (AvgIpc) is 2.48. The molecule has 1 atom stereocenters. The van der Waals surface area contributed by atoms with Gasteiger partial charge >= 0.3 is 0 Å². The molecule has 1 unspecified atom stereocenters. The van der Waals surface area contributed by atoms with Crippen molar-refractivity contribution in [2.45, 2.75) is 25.9 Å². The third kappa shape index (κ3) is 4.20. The van der Waals surface area contributed by atoms with Gasteiger partial charge in [-0.3, -0.25) is 0 Å². The second kappa shape index (κ2) is 7.09. The van der Waals surface area contributed by atoms with E-state index >= 15 is 0 Å². The molecule has 0 radical (unpaired) electrons. The fourth-order valence-corrected chi connectivity index (χ4v) is 2.32. The molecule has 0 fully saturated rings. The third-order valence-corrected chi connectivity index (χ3v) is 3.37. The second-order valence-electron chi connectivity index (χ2n) is 5.09. The van der Waals surface area contributed by atoms with Gasteiger partial charge in [0.05, 0.1) is 20.3 Å². The zero-order valence-corrected chi connectivity index (χ0v) is 12.7. The molecule has 2 aromatic rings. The number of hydrogen-bond acceptors (Lipinski definition) is 4. The molecule has 0 spiro atoms. The van der Waals surface area contributed by atoms with Crippen molar-refractivity contribution < 1.29 is 14.6 Å². The molecule has 0 saturated carbocycles. The van der Waals surface area contributed by atoms with E-state index in [-0.39, 0.29) is 0 Å². The van der Waals surface area contributed by atoms with Crippen LogP contribution < -0.4 is 9.47 Å². The molecular formula is C17H21NO3. The Kier molecular flexibility index (Phi) is 5.17. The molecule has 2 rings (SSSR count). The summed E-state index contributed by atoms with van der Waals surface area (Å²) in [7, 11) is 3.23. The van der Waals surface area contributed by atoms with Crippen LogP contribution in [-0.2, 0) is 12.8 Å². The molecule has 0 bridgehead atoms. The van der Waals surface area contributed by atoms with Crippen LogP contribution in [0.5, 0.6) is 11.6 Å². The van der Waals surface area contributed by atoms with Crippen LogP contribution in [0.1, 0.15) is 16.7 Å². The Balaban J connectivity index is 2.03. The lowest BCUT2D eigenvalue weighted by atomic mass is 10.00. The predicted octanol–water partition coefficient (Wildman–Crippen LogP) is 2.55. The van der Waals surface area contributed by atoms with E-state index in [9.17, 15) is 5.11 Å². The Labute approximate surface area is 125 Å². The van der Waals surface area contributed by atoms with Crippen LogP contribution >= 0.6 is 0 Å². The third-order valence-electron chi connectivity index (χ3n) is 3.37. The van der Waals surface area contributed by atoms with Crippen LogP contribution in [-0.4, -0.2) is 30.4 Å². The summed E-state index contributed by atoms with van der Waals surface area (Å²) in [6.45, 7) is 2.03. The largest absolute Gasteiger partial charge is 0.496 e. The lowest BCUT2D eigenvalue weighted by Crippen LogP contribution is -2.14. The molecule has 1 heterocycles. The molecular weight excluding hydrogens is 266 g/mol. The van der Waals surface area contributed by atoms with Crippen LogP contribution in [0.4, 0.5) is 0 Å². The maximum atomic E-state index is 10.3. The molecule has 1 aromatic heterocycles. The molecule has 1 N–H and O–H groups in total. The summed E-state index contributed by atoms with van der Waals surface area (Å²) in [5, 5.41) is 10.3. The number of aromatic nitrogens is 1. The predicted molar refractivity (Wildman–Crippen MR) is 81.9 cm³/mol. The van der Waals surface area contributed by atoms with Gasteiger partial charge in [-0.25, -0.2) is 4.98 Å². The lowest BCUT2D eigenvalue weighted by Gasteiger charge is -2.14. The molecule has 1 aromatic carbocycles. The maximum absolute atomic E-state index is 10.3. The van der Waals surface area contributed by atoms with Crippen molar-refractivity contribution in [3.63, 3.8) is 0 Å². The Bertz CT molecular complexity index is 581. The average molecular weight is 287 g/mol. The molecule has 112 valence electrons. The minimum absolute atomic E-state index is 0.476. The molecule has 0 aliphatic rings. The van der Waals surface area contributed by atoms with Gasteiger partial charge < -0.3 is 14.6 Å². The standard InChI is InChI=1S/C17H21NO3/c1-12-4-6-16(20-2)14(8-12)10-15(19)9-13-5-7-17(21-3)18-11-13/h4-8,11,15,19H,9-10H2,1-3H3. The zero-order chi connectivity index (χ0) is 15.2. The first-order valence-corrected chi connectivity index (χ1v) is 6.93. The summed E-state index contributed by atoms with van der Waals surface area (Å²) in [4.78, 5) is 4.15. The summed E-state index contributed by atoms with van der Waals surface area (Å²) in [5.74, 6) is 1.39.